The Morgan fingerprint density at radius 1 is 0.923 bits per heavy atom. The summed E-state index contributed by atoms with van der Waals surface area (Å²) in [4.78, 5) is 11.0. The monoisotopic (exact) mass is 350 g/mol. The van der Waals surface area contributed by atoms with Gasteiger partial charge in [0.25, 0.3) is 0 Å². The molecule has 0 amide bonds. The molecule has 138 valence electrons. The van der Waals surface area contributed by atoms with Crippen molar-refractivity contribution in [1.82, 2.24) is 0 Å². The van der Waals surface area contributed by atoms with Crippen molar-refractivity contribution in [2.45, 2.75) is 58.3 Å². The Kier molecular flexibility index (Phi) is 4.56. The van der Waals surface area contributed by atoms with Crippen molar-refractivity contribution in [2.75, 3.05) is 0 Å². The molecule has 2 heteroatoms. The van der Waals surface area contributed by atoms with E-state index in [9.17, 15) is 4.79 Å². The Morgan fingerprint density at radius 3 is 2.04 bits per heavy atom. The Balaban J connectivity index is 0.00000261. The zero-order valence-electron chi connectivity index (χ0n) is 16.4. The zero-order chi connectivity index (χ0) is 19.1. The molecule has 1 aliphatic rings. The van der Waals surface area contributed by atoms with Gasteiger partial charge in [-0.15, -0.1) is 0 Å². The topological polar surface area (TPSA) is 37.3 Å². The van der Waals surface area contributed by atoms with Gasteiger partial charge in [-0.3, -0.25) is 0 Å². The molecule has 0 atom stereocenters. The molecule has 26 heavy (non-hydrogen) atoms. The Morgan fingerprint density at radius 2 is 1.46 bits per heavy atom. The maximum absolute atomic E-state index is 11.0. The first-order valence-corrected chi connectivity index (χ1v) is 9.27. The summed E-state index contributed by atoms with van der Waals surface area (Å²) < 4.78 is 0. The average molecular weight is 351 g/mol. The Bertz CT molecular complexity index is 874. The molecule has 0 spiro atoms. The van der Waals surface area contributed by atoms with Crippen LogP contribution in [0.1, 0.15) is 81.5 Å². The van der Waals surface area contributed by atoms with Crippen LogP contribution in [-0.2, 0) is 10.8 Å². The maximum atomic E-state index is 11.0. The molecule has 0 radical (unpaired) electrons. The summed E-state index contributed by atoms with van der Waals surface area (Å²) in [5, 5.41) is 9.02. The second kappa shape index (κ2) is 6.42. The van der Waals surface area contributed by atoms with Gasteiger partial charge >= 0.3 is 5.97 Å². The summed E-state index contributed by atoms with van der Waals surface area (Å²) in [7, 11) is 0. The summed E-state index contributed by atoms with van der Waals surface area (Å²) in [6.07, 6.45) is 4.54. The number of fused-ring (bicyclic) bond motifs is 1. The molecule has 3 rings (SSSR count). The van der Waals surface area contributed by atoms with E-state index in [4.69, 9.17) is 5.11 Å². The molecule has 0 unspecified atom stereocenters. The van der Waals surface area contributed by atoms with Crippen LogP contribution in [0.5, 0.6) is 0 Å². The summed E-state index contributed by atoms with van der Waals surface area (Å²) in [5.41, 5.74) is 7.11. The fourth-order valence-electron chi connectivity index (χ4n) is 3.89. The number of carboxylic acid groups (broad SMARTS) is 1. The van der Waals surface area contributed by atoms with Crippen LogP contribution in [-0.4, -0.2) is 11.1 Å². The fraction of sp³-hybridized carbons (Fsp3) is 0.375. The highest BCUT2D eigenvalue weighted by Gasteiger charge is 2.36. The van der Waals surface area contributed by atoms with Crippen molar-refractivity contribution < 1.29 is 11.3 Å². The van der Waals surface area contributed by atoms with E-state index in [1.54, 1.807) is 12.1 Å². The van der Waals surface area contributed by atoms with Gasteiger partial charge in [-0.2, -0.15) is 0 Å². The first-order chi connectivity index (χ1) is 12.1. The van der Waals surface area contributed by atoms with Crippen molar-refractivity contribution in [3.05, 3.63) is 70.3 Å². The van der Waals surface area contributed by atoms with E-state index < -0.39 is 5.97 Å². The largest absolute Gasteiger partial charge is 0.478 e. The second-order valence-electron chi connectivity index (χ2n) is 8.78. The smallest absolute Gasteiger partial charge is 0.335 e. The molecule has 0 heterocycles. The van der Waals surface area contributed by atoms with Crippen LogP contribution in [0.15, 0.2) is 42.5 Å². The third kappa shape index (κ3) is 3.46. The molecule has 0 aromatic heterocycles. The van der Waals surface area contributed by atoms with Crippen molar-refractivity contribution in [3.8, 4) is 0 Å². The maximum Gasteiger partial charge on any atom is 0.335 e. The van der Waals surface area contributed by atoms with E-state index in [2.05, 4.69) is 58.9 Å². The van der Waals surface area contributed by atoms with Crippen LogP contribution in [0.25, 0.3) is 11.6 Å². The molecular formula is C24H30O2. The SMILES string of the molecule is C/C(=C\c1ccc(C(=O)O)cc1)c1ccc2c(c1)C(C)(C)CCC2(C)C.[HH]. The molecule has 0 saturated heterocycles. The molecule has 0 bridgehead atoms. The number of carbonyl (C=O) groups is 1. The standard InChI is InChI=1S/C24H28O2.H2/c1-16(14-17-6-8-18(9-7-17)22(25)26)19-10-11-20-21(15-19)24(4,5)13-12-23(20,2)3;/h6-11,14-15H,12-13H2,1-5H3,(H,25,26);1H/b16-14+;. The van der Waals surface area contributed by atoms with Gasteiger partial charge in [-0.25, -0.2) is 4.79 Å². The van der Waals surface area contributed by atoms with Crippen molar-refractivity contribution in [2.24, 2.45) is 0 Å². The lowest BCUT2D eigenvalue weighted by Gasteiger charge is -2.42. The number of hydrogen-bond donors (Lipinski definition) is 1. The van der Waals surface area contributed by atoms with E-state index in [1.807, 2.05) is 12.1 Å². The summed E-state index contributed by atoms with van der Waals surface area (Å²) >= 11 is 0. The van der Waals surface area contributed by atoms with E-state index in [1.165, 1.54) is 35.1 Å². The minimum atomic E-state index is -0.892. The number of benzene rings is 2. The number of carboxylic acids is 1. The highest BCUT2D eigenvalue weighted by Crippen LogP contribution is 2.46. The quantitative estimate of drug-likeness (QED) is 0.638. The van der Waals surface area contributed by atoms with Crippen LogP contribution in [0.2, 0.25) is 0 Å². The van der Waals surface area contributed by atoms with Gasteiger partial charge in [-0.05, 0) is 70.6 Å². The van der Waals surface area contributed by atoms with Gasteiger partial charge in [0.1, 0.15) is 0 Å². The summed E-state index contributed by atoms with van der Waals surface area (Å²) in [6, 6.07) is 13.9. The molecule has 2 nitrogen and oxygen atoms in total. The normalized spacial score (nSPS) is 18.3. The lowest BCUT2D eigenvalue weighted by atomic mass is 9.63. The zero-order valence-corrected chi connectivity index (χ0v) is 16.4. The van der Waals surface area contributed by atoms with Crippen molar-refractivity contribution in [1.29, 1.82) is 0 Å². The molecule has 0 saturated carbocycles. The van der Waals surface area contributed by atoms with E-state index >= 15 is 0 Å². The number of hydrogen-bond acceptors (Lipinski definition) is 1. The lowest BCUT2D eigenvalue weighted by Crippen LogP contribution is -2.33. The summed E-state index contributed by atoms with van der Waals surface area (Å²) in [6.45, 7) is 11.5. The van der Waals surface area contributed by atoms with Gasteiger partial charge in [0.2, 0.25) is 0 Å². The third-order valence-electron chi connectivity index (χ3n) is 5.85. The number of allylic oxidation sites excluding steroid dienone is 1. The second-order valence-corrected chi connectivity index (χ2v) is 8.78. The van der Waals surface area contributed by atoms with Crippen molar-refractivity contribution in [3.63, 3.8) is 0 Å². The van der Waals surface area contributed by atoms with Crippen molar-refractivity contribution >= 4 is 17.6 Å². The lowest BCUT2D eigenvalue weighted by molar-refractivity contribution is 0.0697. The van der Waals surface area contributed by atoms with E-state index in [-0.39, 0.29) is 12.3 Å². The van der Waals surface area contributed by atoms with Gasteiger partial charge in [0, 0.05) is 1.43 Å². The fourth-order valence-corrected chi connectivity index (χ4v) is 3.89. The first kappa shape index (κ1) is 18.4. The third-order valence-corrected chi connectivity index (χ3v) is 5.85. The van der Waals surface area contributed by atoms with E-state index in [0.717, 1.165) is 5.56 Å². The van der Waals surface area contributed by atoms with Crippen LogP contribution < -0.4 is 0 Å². The molecular weight excluding hydrogens is 320 g/mol. The van der Waals surface area contributed by atoms with Gasteiger partial charge in [0.05, 0.1) is 5.56 Å². The predicted octanol–water partition coefficient (Wildman–Crippen LogP) is 6.54. The number of aromatic carboxylic acids is 1. The first-order valence-electron chi connectivity index (χ1n) is 9.27. The van der Waals surface area contributed by atoms with Crippen LogP contribution >= 0.6 is 0 Å². The minimum absolute atomic E-state index is 0. The van der Waals surface area contributed by atoms with Crippen LogP contribution in [0.4, 0.5) is 0 Å². The molecule has 1 N–H and O–H groups in total. The summed E-state index contributed by atoms with van der Waals surface area (Å²) in [5.74, 6) is -0.892. The number of rotatable bonds is 3. The van der Waals surface area contributed by atoms with Crippen LogP contribution in [0, 0.1) is 0 Å². The Hall–Kier alpha value is -2.35. The predicted molar refractivity (Wildman–Crippen MR) is 111 cm³/mol. The van der Waals surface area contributed by atoms with Gasteiger partial charge in [-0.1, -0.05) is 64.1 Å². The Labute approximate surface area is 158 Å². The molecule has 0 fully saturated rings. The highest BCUT2D eigenvalue weighted by molar-refractivity contribution is 5.88. The van der Waals surface area contributed by atoms with Gasteiger partial charge < -0.3 is 5.11 Å². The molecule has 0 aliphatic heterocycles. The minimum Gasteiger partial charge on any atom is -0.478 e. The average Bonchev–Trinajstić information content (AvgIpc) is 2.59. The molecule has 2 aromatic rings. The van der Waals surface area contributed by atoms with Crippen LogP contribution in [0.3, 0.4) is 0 Å². The molecule has 2 aromatic carbocycles. The molecule has 1 aliphatic carbocycles. The van der Waals surface area contributed by atoms with Gasteiger partial charge in [0.15, 0.2) is 0 Å². The van der Waals surface area contributed by atoms with E-state index in [0.29, 0.717) is 5.56 Å². The highest BCUT2D eigenvalue weighted by atomic mass is 16.4.